The van der Waals surface area contributed by atoms with Gasteiger partial charge in [-0.15, -0.1) is 0 Å². The van der Waals surface area contributed by atoms with Gasteiger partial charge in [-0.1, -0.05) is 15.9 Å². The zero-order valence-corrected chi connectivity index (χ0v) is 14.0. The van der Waals surface area contributed by atoms with Crippen molar-refractivity contribution in [2.45, 2.75) is 4.90 Å². The first-order valence-corrected chi connectivity index (χ1v) is 9.86. The minimum atomic E-state index is -3.76. The van der Waals surface area contributed by atoms with Gasteiger partial charge in [0.25, 0.3) is 0 Å². The summed E-state index contributed by atoms with van der Waals surface area (Å²) in [6, 6.07) is 4.69. The number of rotatable bonds is 3. The Morgan fingerprint density at radius 3 is 2.40 bits per heavy atom. The van der Waals surface area contributed by atoms with Crippen LogP contribution in [0.25, 0.3) is 0 Å². The minimum absolute atomic E-state index is 0.0274. The minimum Gasteiger partial charge on any atom is -0.495 e. The van der Waals surface area contributed by atoms with Crippen molar-refractivity contribution in [2.24, 2.45) is 0 Å². The number of sulfone groups is 1. The van der Waals surface area contributed by atoms with Gasteiger partial charge in [0.15, 0.2) is 9.84 Å². The Labute approximate surface area is 126 Å². The fourth-order valence-corrected chi connectivity index (χ4v) is 5.50. The van der Waals surface area contributed by atoms with Gasteiger partial charge in [-0.3, -0.25) is 0 Å². The van der Waals surface area contributed by atoms with Crippen LogP contribution in [-0.4, -0.2) is 52.8 Å². The fourth-order valence-electron chi connectivity index (χ4n) is 1.93. The number of benzene rings is 1. The SMILES string of the molecule is COc1ccc(Br)cc1S(=O)(=O)N1CCS(=O)(=O)CC1. The van der Waals surface area contributed by atoms with E-state index in [1.54, 1.807) is 12.1 Å². The van der Waals surface area contributed by atoms with Gasteiger partial charge in [0, 0.05) is 17.6 Å². The third kappa shape index (κ3) is 3.16. The van der Waals surface area contributed by atoms with Gasteiger partial charge in [-0.2, -0.15) is 4.31 Å². The maximum Gasteiger partial charge on any atom is 0.246 e. The maximum atomic E-state index is 12.6. The maximum absolute atomic E-state index is 12.6. The normalized spacial score (nSPS) is 19.7. The van der Waals surface area contributed by atoms with Gasteiger partial charge >= 0.3 is 0 Å². The first-order chi connectivity index (χ1) is 9.26. The molecule has 0 unspecified atom stereocenters. The van der Waals surface area contributed by atoms with Crippen LogP contribution in [0.3, 0.4) is 0 Å². The Morgan fingerprint density at radius 2 is 1.85 bits per heavy atom. The second kappa shape index (κ2) is 5.63. The Balaban J connectivity index is 2.39. The van der Waals surface area contributed by atoms with E-state index in [-0.39, 0.29) is 35.2 Å². The summed E-state index contributed by atoms with van der Waals surface area (Å²) in [5.74, 6) is -0.0629. The van der Waals surface area contributed by atoms with Crippen molar-refractivity contribution >= 4 is 35.8 Å². The molecular weight excluding hydrogens is 370 g/mol. The molecule has 2 rings (SSSR count). The highest BCUT2D eigenvalue weighted by molar-refractivity contribution is 9.10. The van der Waals surface area contributed by atoms with E-state index in [4.69, 9.17) is 4.74 Å². The number of hydrogen-bond acceptors (Lipinski definition) is 5. The summed E-state index contributed by atoms with van der Waals surface area (Å²) in [5.41, 5.74) is 0. The molecule has 1 fully saturated rings. The van der Waals surface area contributed by atoms with Gasteiger partial charge in [-0.05, 0) is 18.2 Å². The van der Waals surface area contributed by atoms with Crippen molar-refractivity contribution in [3.8, 4) is 5.75 Å². The van der Waals surface area contributed by atoms with E-state index in [9.17, 15) is 16.8 Å². The van der Waals surface area contributed by atoms with Crippen LogP contribution >= 0.6 is 15.9 Å². The molecule has 1 heterocycles. The molecule has 0 amide bonds. The second-order valence-corrected chi connectivity index (χ2v) is 9.48. The lowest BCUT2D eigenvalue weighted by molar-refractivity contribution is 0.393. The molecule has 0 aliphatic carbocycles. The van der Waals surface area contributed by atoms with Gasteiger partial charge in [0.05, 0.1) is 18.6 Å². The van der Waals surface area contributed by atoms with Crippen molar-refractivity contribution in [3.63, 3.8) is 0 Å². The van der Waals surface area contributed by atoms with E-state index < -0.39 is 19.9 Å². The molecule has 1 aromatic rings. The monoisotopic (exact) mass is 383 g/mol. The van der Waals surface area contributed by atoms with Crippen molar-refractivity contribution in [2.75, 3.05) is 31.7 Å². The van der Waals surface area contributed by atoms with Gasteiger partial charge in [0.2, 0.25) is 10.0 Å². The smallest absolute Gasteiger partial charge is 0.246 e. The number of sulfonamides is 1. The predicted molar refractivity (Wildman–Crippen MR) is 78.1 cm³/mol. The number of hydrogen-bond donors (Lipinski definition) is 0. The average Bonchev–Trinajstić information content (AvgIpc) is 2.38. The van der Waals surface area contributed by atoms with Crippen LogP contribution in [0.2, 0.25) is 0 Å². The van der Waals surface area contributed by atoms with Crippen LogP contribution in [0.1, 0.15) is 0 Å². The zero-order chi connectivity index (χ0) is 15.0. The third-order valence-corrected chi connectivity index (χ3v) is 7.07. The molecule has 1 aromatic carbocycles. The Hall–Kier alpha value is -0.640. The highest BCUT2D eigenvalue weighted by Gasteiger charge is 2.33. The van der Waals surface area contributed by atoms with Crippen LogP contribution in [0.4, 0.5) is 0 Å². The molecule has 1 aliphatic rings. The van der Waals surface area contributed by atoms with E-state index >= 15 is 0 Å². The van der Waals surface area contributed by atoms with Crippen LogP contribution in [-0.2, 0) is 19.9 Å². The zero-order valence-electron chi connectivity index (χ0n) is 10.7. The Morgan fingerprint density at radius 1 is 1.25 bits per heavy atom. The number of nitrogens with zero attached hydrogens (tertiary/aromatic N) is 1. The first kappa shape index (κ1) is 15.7. The molecule has 20 heavy (non-hydrogen) atoms. The van der Waals surface area contributed by atoms with Gasteiger partial charge < -0.3 is 4.74 Å². The summed E-state index contributed by atoms with van der Waals surface area (Å²) in [5, 5.41) is 0. The number of halogens is 1. The van der Waals surface area contributed by atoms with Gasteiger partial charge in [-0.25, -0.2) is 16.8 Å². The van der Waals surface area contributed by atoms with Crippen LogP contribution in [0.5, 0.6) is 5.75 Å². The standard InChI is InChI=1S/C11H14BrNO5S2/c1-18-10-3-2-9(12)8-11(10)20(16,17)13-4-6-19(14,15)7-5-13/h2-3,8H,4-7H2,1H3. The summed E-state index contributed by atoms with van der Waals surface area (Å²) in [7, 11) is -5.50. The highest BCUT2D eigenvalue weighted by Crippen LogP contribution is 2.30. The number of methoxy groups -OCH3 is 1. The van der Waals surface area contributed by atoms with Crippen molar-refractivity contribution in [1.29, 1.82) is 0 Å². The number of ether oxygens (including phenoxy) is 1. The topological polar surface area (TPSA) is 80.8 Å². The summed E-state index contributed by atoms with van der Waals surface area (Å²) in [6.07, 6.45) is 0. The molecule has 112 valence electrons. The molecule has 0 N–H and O–H groups in total. The summed E-state index contributed by atoms with van der Waals surface area (Å²) in [4.78, 5) is 0.0358. The van der Waals surface area contributed by atoms with Crippen molar-refractivity contribution in [1.82, 2.24) is 4.31 Å². The van der Waals surface area contributed by atoms with Crippen LogP contribution in [0, 0.1) is 0 Å². The molecule has 0 saturated carbocycles. The van der Waals surface area contributed by atoms with Gasteiger partial charge in [0.1, 0.15) is 10.6 Å². The average molecular weight is 384 g/mol. The summed E-state index contributed by atoms with van der Waals surface area (Å²) in [6.45, 7) is -0.0549. The van der Waals surface area contributed by atoms with E-state index in [1.807, 2.05) is 0 Å². The Kier molecular flexibility index (Phi) is 4.43. The third-order valence-electron chi connectivity index (χ3n) is 3.05. The Bertz CT molecular complexity index is 700. The van der Waals surface area contributed by atoms with E-state index in [0.29, 0.717) is 4.47 Å². The molecule has 0 radical (unpaired) electrons. The lowest BCUT2D eigenvalue weighted by Crippen LogP contribution is -2.43. The van der Waals surface area contributed by atoms with Crippen molar-refractivity contribution < 1.29 is 21.6 Å². The highest BCUT2D eigenvalue weighted by atomic mass is 79.9. The first-order valence-electron chi connectivity index (χ1n) is 5.80. The van der Waals surface area contributed by atoms with E-state index in [1.165, 1.54) is 17.5 Å². The molecule has 0 aromatic heterocycles. The summed E-state index contributed by atoms with van der Waals surface area (Å²) < 4.78 is 54.8. The van der Waals surface area contributed by atoms with E-state index in [2.05, 4.69) is 15.9 Å². The lowest BCUT2D eigenvalue weighted by Gasteiger charge is -2.26. The molecule has 0 bridgehead atoms. The van der Waals surface area contributed by atoms with Crippen LogP contribution in [0.15, 0.2) is 27.6 Å². The lowest BCUT2D eigenvalue weighted by atomic mass is 10.3. The molecule has 6 nitrogen and oxygen atoms in total. The molecule has 9 heteroatoms. The molecule has 1 aliphatic heterocycles. The summed E-state index contributed by atoms with van der Waals surface area (Å²) >= 11 is 3.23. The predicted octanol–water partition coefficient (Wildman–Crippen LogP) is 0.877. The quantitative estimate of drug-likeness (QED) is 0.773. The van der Waals surface area contributed by atoms with Crippen LogP contribution < -0.4 is 4.74 Å². The molecule has 1 saturated heterocycles. The molecular formula is C11H14BrNO5S2. The molecule has 0 spiro atoms. The molecule has 0 atom stereocenters. The van der Waals surface area contributed by atoms with Crippen molar-refractivity contribution in [3.05, 3.63) is 22.7 Å². The van der Waals surface area contributed by atoms with E-state index in [0.717, 1.165) is 0 Å². The largest absolute Gasteiger partial charge is 0.495 e. The second-order valence-electron chi connectivity index (χ2n) is 4.35. The fraction of sp³-hybridized carbons (Fsp3) is 0.455.